The SMILES string of the molecule is CCCCCCC/C=C\C/C=C\C/C=C\CCCCCCCCCCC(=O)OCC(COC(=O)CCCCCCCCCCCCC)OC(=O)CCCCCCCCCCCCCCCCCCCCC. The van der Waals surface area contributed by atoms with Crippen molar-refractivity contribution in [3.8, 4) is 0 Å². The molecule has 416 valence electrons. The third-order valence-corrected chi connectivity index (χ3v) is 14.1. The minimum Gasteiger partial charge on any atom is -0.462 e. The quantitative estimate of drug-likeness (QED) is 0.0261. The van der Waals surface area contributed by atoms with Crippen LogP contribution in [0.5, 0.6) is 0 Å². The van der Waals surface area contributed by atoms with Gasteiger partial charge in [0.25, 0.3) is 0 Å². The average Bonchev–Trinajstić information content (AvgIpc) is 3.37. The largest absolute Gasteiger partial charge is 0.462 e. The molecule has 1 atom stereocenters. The van der Waals surface area contributed by atoms with Crippen molar-refractivity contribution in [2.75, 3.05) is 13.2 Å². The maximum absolute atomic E-state index is 12.9. The lowest BCUT2D eigenvalue weighted by Gasteiger charge is -2.18. The van der Waals surface area contributed by atoms with Crippen LogP contribution in [-0.2, 0) is 28.6 Å². The Bertz CT molecular complexity index is 1190. The summed E-state index contributed by atoms with van der Waals surface area (Å²) in [6.45, 7) is 6.67. The molecule has 0 radical (unpaired) electrons. The van der Waals surface area contributed by atoms with Crippen molar-refractivity contribution in [3.05, 3.63) is 36.5 Å². The summed E-state index contributed by atoms with van der Waals surface area (Å²) in [4.78, 5) is 38.2. The summed E-state index contributed by atoms with van der Waals surface area (Å²) in [7, 11) is 0. The van der Waals surface area contributed by atoms with E-state index in [9.17, 15) is 14.4 Å². The summed E-state index contributed by atoms with van der Waals surface area (Å²) in [5.74, 6) is -0.855. The first kappa shape index (κ1) is 68.6. The summed E-state index contributed by atoms with van der Waals surface area (Å²) in [5, 5.41) is 0. The Morgan fingerprint density at radius 3 is 0.789 bits per heavy atom. The Morgan fingerprint density at radius 2 is 0.507 bits per heavy atom. The Labute approximate surface area is 442 Å². The smallest absolute Gasteiger partial charge is 0.306 e. The number of hydrogen-bond acceptors (Lipinski definition) is 6. The van der Waals surface area contributed by atoms with E-state index in [4.69, 9.17) is 14.2 Å². The van der Waals surface area contributed by atoms with E-state index in [2.05, 4.69) is 57.2 Å². The number of ether oxygens (including phenoxy) is 3. The highest BCUT2D eigenvalue weighted by molar-refractivity contribution is 5.71. The van der Waals surface area contributed by atoms with Gasteiger partial charge in [-0.05, 0) is 57.8 Å². The summed E-state index contributed by atoms with van der Waals surface area (Å²) < 4.78 is 16.9. The summed E-state index contributed by atoms with van der Waals surface area (Å²) >= 11 is 0. The lowest BCUT2D eigenvalue weighted by Crippen LogP contribution is -2.30. The van der Waals surface area contributed by atoms with Gasteiger partial charge in [-0.1, -0.05) is 301 Å². The van der Waals surface area contributed by atoms with Gasteiger partial charge in [-0.15, -0.1) is 0 Å². The van der Waals surface area contributed by atoms with E-state index in [1.165, 1.54) is 225 Å². The molecule has 0 aliphatic carbocycles. The lowest BCUT2D eigenvalue weighted by molar-refractivity contribution is -0.167. The molecule has 0 aliphatic heterocycles. The van der Waals surface area contributed by atoms with E-state index in [0.717, 1.165) is 77.0 Å². The van der Waals surface area contributed by atoms with Gasteiger partial charge in [-0.3, -0.25) is 14.4 Å². The number of unbranched alkanes of at least 4 members (excludes halogenated alkanes) is 41. The van der Waals surface area contributed by atoms with Crippen LogP contribution in [0.3, 0.4) is 0 Å². The molecule has 0 N–H and O–H groups in total. The van der Waals surface area contributed by atoms with E-state index < -0.39 is 6.10 Å². The predicted molar refractivity (Wildman–Crippen MR) is 307 cm³/mol. The summed E-state index contributed by atoms with van der Waals surface area (Å²) in [5.41, 5.74) is 0. The second-order valence-corrected chi connectivity index (χ2v) is 21.3. The Balaban J connectivity index is 4.26. The molecule has 0 aromatic heterocycles. The molecule has 0 aromatic carbocycles. The second-order valence-electron chi connectivity index (χ2n) is 21.3. The molecule has 0 aromatic rings. The Hall–Kier alpha value is -2.37. The predicted octanol–water partition coefficient (Wildman–Crippen LogP) is 21.2. The van der Waals surface area contributed by atoms with Crippen molar-refractivity contribution in [3.63, 3.8) is 0 Å². The van der Waals surface area contributed by atoms with Gasteiger partial charge in [0.1, 0.15) is 13.2 Å². The average molecular weight is 998 g/mol. The highest BCUT2D eigenvalue weighted by atomic mass is 16.6. The molecule has 0 bridgehead atoms. The zero-order valence-electron chi connectivity index (χ0n) is 47.8. The molecule has 0 rings (SSSR count). The maximum Gasteiger partial charge on any atom is 0.306 e. The highest BCUT2D eigenvalue weighted by Crippen LogP contribution is 2.17. The van der Waals surface area contributed by atoms with Gasteiger partial charge in [0.05, 0.1) is 0 Å². The first-order valence-corrected chi connectivity index (χ1v) is 31.5. The van der Waals surface area contributed by atoms with Crippen LogP contribution in [0.1, 0.15) is 342 Å². The van der Waals surface area contributed by atoms with E-state index in [-0.39, 0.29) is 31.1 Å². The van der Waals surface area contributed by atoms with Gasteiger partial charge in [0.15, 0.2) is 6.10 Å². The van der Waals surface area contributed by atoms with Gasteiger partial charge >= 0.3 is 17.9 Å². The van der Waals surface area contributed by atoms with Crippen molar-refractivity contribution in [2.45, 2.75) is 348 Å². The maximum atomic E-state index is 12.9. The van der Waals surface area contributed by atoms with Crippen LogP contribution in [-0.4, -0.2) is 37.2 Å². The normalized spacial score (nSPS) is 12.2. The zero-order valence-corrected chi connectivity index (χ0v) is 47.8. The number of hydrogen-bond donors (Lipinski definition) is 0. The summed E-state index contributed by atoms with van der Waals surface area (Å²) in [6.07, 6.45) is 72.9. The van der Waals surface area contributed by atoms with Crippen LogP contribution in [0.25, 0.3) is 0 Å². The van der Waals surface area contributed by atoms with Crippen molar-refractivity contribution < 1.29 is 28.6 Å². The third-order valence-electron chi connectivity index (χ3n) is 14.1. The van der Waals surface area contributed by atoms with Gasteiger partial charge < -0.3 is 14.2 Å². The van der Waals surface area contributed by atoms with Crippen LogP contribution in [0, 0.1) is 0 Å². The van der Waals surface area contributed by atoms with Gasteiger partial charge in [-0.25, -0.2) is 0 Å². The number of rotatable bonds is 58. The first-order chi connectivity index (χ1) is 35.0. The van der Waals surface area contributed by atoms with Gasteiger partial charge in [0, 0.05) is 19.3 Å². The molecular weight excluding hydrogens is 877 g/mol. The van der Waals surface area contributed by atoms with E-state index >= 15 is 0 Å². The molecule has 0 saturated heterocycles. The van der Waals surface area contributed by atoms with Crippen molar-refractivity contribution >= 4 is 17.9 Å². The van der Waals surface area contributed by atoms with E-state index in [1.807, 2.05) is 0 Å². The summed E-state index contributed by atoms with van der Waals surface area (Å²) in [6, 6.07) is 0. The fourth-order valence-corrected chi connectivity index (χ4v) is 9.39. The Kier molecular flexibility index (Phi) is 58.2. The lowest BCUT2D eigenvalue weighted by atomic mass is 10.0. The first-order valence-electron chi connectivity index (χ1n) is 31.5. The monoisotopic (exact) mass is 997 g/mol. The van der Waals surface area contributed by atoms with Crippen molar-refractivity contribution in [1.29, 1.82) is 0 Å². The molecule has 71 heavy (non-hydrogen) atoms. The third kappa shape index (κ3) is 58.4. The Morgan fingerprint density at radius 1 is 0.282 bits per heavy atom. The molecule has 0 aliphatic rings. The highest BCUT2D eigenvalue weighted by Gasteiger charge is 2.19. The molecule has 0 spiro atoms. The van der Waals surface area contributed by atoms with Crippen molar-refractivity contribution in [1.82, 2.24) is 0 Å². The van der Waals surface area contributed by atoms with Crippen LogP contribution in [0.2, 0.25) is 0 Å². The fraction of sp³-hybridized carbons (Fsp3) is 0.862. The molecule has 6 nitrogen and oxygen atoms in total. The minimum atomic E-state index is -0.771. The molecular formula is C65H120O6. The van der Waals surface area contributed by atoms with Crippen molar-refractivity contribution in [2.24, 2.45) is 0 Å². The fourth-order valence-electron chi connectivity index (χ4n) is 9.39. The van der Waals surface area contributed by atoms with Crippen LogP contribution in [0.15, 0.2) is 36.5 Å². The number of esters is 3. The molecule has 6 heteroatoms. The van der Waals surface area contributed by atoms with Crippen LogP contribution >= 0.6 is 0 Å². The van der Waals surface area contributed by atoms with Crippen LogP contribution < -0.4 is 0 Å². The van der Waals surface area contributed by atoms with E-state index in [1.54, 1.807) is 0 Å². The molecule has 0 fully saturated rings. The topological polar surface area (TPSA) is 78.9 Å². The van der Waals surface area contributed by atoms with Crippen LogP contribution in [0.4, 0.5) is 0 Å². The van der Waals surface area contributed by atoms with E-state index in [0.29, 0.717) is 19.3 Å². The minimum absolute atomic E-state index is 0.0693. The molecule has 0 saturated carbocycles. The molecule has 0 heterocycles. The van der Waals surface area contributed by atoms with Gasteiger partial charge in [-0.2, -0.15) is 0 Å². The molecule has 1 unspecified atom stereocenters. The number of carbonyl (C=O) groups is 3. The zero-order chi connectivity index (χ0) is 51.4. The number of allylic oxidation sites excluding steroid dienone is 6. The van der Waals surface area contributed by atoms with Gasteiger partial charge in [0.2, 0.25) is 0 Å². The second kappa shape index (κ2) is 60.2. The standard InChI is InChI=1S/C65H120O6/c1-4-7-10-13-16-19-22-24-26-28-30-31-32-33-35-36-38-40-43-46-49-52-55-58-64(67)70-61-62(60-69-63(66)57-54-51-48-45-42-21-18-15-12-9-6-3)71-65(68)59-56-53-50-47-44-41-39-37-34-29-27-25-23-20-17-14-11-8-5-2/h22,24,28,30,32-33,62H,4-21,23,25-27,29,31,34-61H2,1-3H3/b24-22-,30-28-,33-32-. The molecule has 0 amide bonds. The number of carbonyl (C=O) groups excluding carboxylic acids is 3.